The Kier molecular flexibility index (Phi) is 7.46. The molecule has 0 bridgehead atoms. The zero-order valence-electron chi connectivity index (χ0n) is 20.4. The topological polar surface area (TPSA) is 72.2 Å². The molecular formula is C28H29N5OS. The maximum atomic E-state index is 12.6. The van der Waals surface area contributed by atoms with Gasteiger partial charge in [0.05, 0.1) is 11.5 Å². The number of hydrogen-bond acceptors (Lipinski definition) is 5. The van der Waals surface area contributed by atoms with E-state index in [0.29, 0.717) is 5.16 Å². The lowest BCUT2D eigenvalue weighted by atomic mass is 9.86. The third-order valence-corrected chi connectivity index (χ3v) is 6.46. The number of hydrogen-bond donors (Lipinski definition) is 1. The quantitative estimate of drug-likeness (QED) is 0.203. The lowest BCUT2D eigenvalue weighted by Gasteiger charge is -2.19. The van der Waals surface area contributed by atoms with Gasteiger partial charge in [-0.15, -0.1) is 10.2 Å². The molecule has 1 heterocycles. The van der Waals surface area contributed by atoms with Crippen LogP contribution in [0.5, 0.6) is 0 Å². The molecule has 0 spiro atoms. The number of hydrazone groups is 1. The highest BCUT2D eigenvalue weighted by Crippen LogP contribution is 2.27. The Morgan fingerprint density at radius 2 is 1.54 bits per heavy atom. The van der Waals surface area contributed by atoms with Crippen LogP contribution in [0.15, 0.2) is 95.2 Å². The van der Waals surface area contributed by atoms with Gasteiger partial charge < -0.3 is 0 Å². The fraction of sp³-hybridized carbons (Fsp3) is 0.214. The fourth-order valence-corrected chi connectivity index (χ4v) is 4.28. The summed E-state index contributed by atoms with van der Waals surface area (Å²) in [6.07, 6.45) is 0. The summed E-state index contributed by atoms with van der Waals surface area (Å²) in [7, 11) is 0. The number of carbonyl (C=O) groups excluding carboxylic acids is 1. The Hall–Kier alpha value is -3.71. The molecule has 0 saturated heterocycles. The van der Waals surface area contributed by atoms with Crippen LogP contribution in [0.4, 0.5) is 0 Å². The molecule has 0 atom stereocenters. The zero-order chi connectivity index (χ0) is 24.8. The molecule has 35 heavy (non-hydrogen) atoms. The van der Waals surface area contributed by atoms with Crippen molar-refractivity contribution >= 4 is 23.4 Å². The van der Waals surface area contributed by atoms with Crippen molar-refractivity contribution in [1.29, 1.82) is 0 Å². The number of para-hydroxylation sites is 1. The second-order valence-corrected chi connectivity index (χ2v) is 10.1. The number of aromatic nitrogens is 3. The number of rotatable bonds is 7. The molecule has 1 N–H and O–H groups in total. The lowest BCUT2D eigenvalue weighted by Crippen LogP contribution is -2.21. The SMILES string of the molecule is CC(=NNC(=O)CSc1nnc(-c2ccccc2)n1-c1ccccc1)c1ccc(C(C)(C)C)cc1. The molecule has 0 unspecified atom stereocenters. The maximum Gasteiger partial charge on any atom is 0.250 e. The number of thioether (sulfide) groups is 1. The smallest absolute Gasteiger partial charge is 0.250 e. The van der Waals surface area contributed by atoms with Gasteiger partial charge in [0.1, 0.15) is 0 Å². The van der Waals surface area contributed by atoms with Crippen LogP contribution in [0.1, 0.15) is 38.8 Å². The highest BCUT2D eigenvalue weighted by Gasteiger charge is 2.17. The molecule has 4 rings (SSSR count). The lowest BCUT2D eigenvalue weighted by molar-refractivity contribution is -0.118. The molecule has 0 fully saturated rings. The molecule has 1 aromatic heterocycles. The molecule has 178 valence electrons. The second kappa shape index (κ2) is 10.7. The summed E-state index contributed by atoms with van der Waals surface area (Å²) >= 11 is 1.33. The van der Waals surface area contributed by atoms with Gasteiger partial charge in [-0.25, -0.2) is 5.43 Å². The van der Waals surface area contributed by atoms with Crippen molar-refractivity contribution in [2.45, 2.75) is 38.3 Å². The van der Waals surface area contributed by atoms with Gasteiger partial charge in [0.2, 0.25) is 0 Å². The highest BCUT2D eigenvalue weighted by atomic mass is 32.2. The molecule has 0 radical (unpaired) electrons. The van der Waals surface area contributed by atoms with Crippen LogP contribution in [0.3, 0.4) is 0 Å². The van der Waals surface area contributed by atoms with E-state index >= 15 is 0 Å². The number of nitrogens with one attached hydrogen (secondary N) is 1. The first-order valence-corrected chi connectivity index (χ1v) is 12.4. The van der Waals surface area contributed by atoms with Crippen LogP contribution >= 0.6 is 11.8 Å². The average Bonchev–Trinajstić information content (AvgIpc) is 3.30. The van der Waals surface area contributed by atoms with E-state index in [-0.39, 0.29) is 17.1 Å². The molecule has 4 aromatic rings. The normalized spacial score (nSPS) is 11.9. The van der Waals surface area contributed by atoms with Crippen LogP contribution in [-0.2, 0) is 10.2 Å². The number of carbonyl (C=O) groups is 1. The minimum absolute atomic E-state index is 0.0930. The van der Waals surface area contributed by atoms with E-state index in [1.54, 1.807) is 0 Å². The van der Waals surface area contributed by atoms with Crippen LogP contribution in [-0.4, -0.2) is 32.1 Å². The van der Waals surface area contributed by atoms with Crippen molar-refractivity contribution in [2.75, 3.05) is 5.75 Å². The Bertz CT molecular complexity index is 1310. The average molecular weight is 484 g/mol. The molecule has 0 saturated carbocycles. The predicted octanol–water partition coefficient (Wildman–Crippen LogP) is 5.86. The summed E-state index contributed by atoms with van der Waals surface area (Å²) in [6.45, 7) is 8.43. The Morgan fingerprint density at radius 3 is 2.17 bits per heavy atom. The van der Waals surface area contributed by atoms with Crippen LogP contribution < -0.4 is 5.43 Å². The van der Waals surface area contributed by atoms with E-state index in [0.717, 1.165) is 28.4 Å². The van der Waals surface area contributed by atoms with Crippen molar-refractivity contribution in [3.8, 4) is 17.1 Å². The Balaban J connectivity index is 1.46. The highest BCUT2D eigenvalue weighted by molar-refractivity contribution is 7.99. The monoisotopic (exact) mass is 483 g/mol. The maximum absolute atomic E-state index is 12.6. The van der Waals surface area contributed by atoms with Gasteiger partial charge in [0.15, 0.2) is 11.0 Å². The Morgan fingerprint density at radius 1 is 0.914 bits per heavy atom. The first-order chi connectivity index (χ1) is 16.8. The van der Waals surface area contributed by atoms with Crippen molar-refractivity contribution in [2.24, 2.45) is 5.10 Å². The third-order valence-electron chi connectivity index (χ3n) is 5.53. The van der Waals surface area contributed by atoms with Gasteiger partial charge in [0.25, 0.3) is 5.91 Å². The molecule has 6 nitrogen and oxygen atoms in total. The van der Waals surface area contributed by atoms with Gasteiger partial charge in [0, 0.05) is 11.3 Å². The van der Waals surface area contributed by atoms with E-state index in [4.69, 9.17) is 0 Å². The first-order valence-electron chi connectivity index (χ1n) is 11.5. The minimum atomic E-state index is -0.204. The molecular weight excluding hydrogens is 454 g/mol. The second-order valence-electron chi connectivity index (χ2n) is 9.19. The number of benzene rings is 3. The van der Waals surface area contributed by atoms with Crippen LogP contribution in [0, 0.1) is 0 Å². The zero-order valence-corrected chi connectivity index (χ0v) is 21.2. The Labute approximate surface area is 210 Å². The van der Waals surface area contributed by atoms with Crippen molar-refractivity contribution in [3.05, 3.63) is 96.1 Å². The van der Waals surface area contributed by atoms with Gasteiger partial charge in [-0.2, -0.15) is 5.10 Å². The van der Waals surface area contributed by atoms with E-state index in [2.05, 4.69) is 53.6 Å². The summed E-state index contributed by atoms with van der Waals surface area (Å²) < 4.78 is 1.97. The summed E-state index contributed by atoms with van der Waals surface area (Å²) in [5.41, 5.74) is 7.63. The summed E-state index contributed by atoms with van der Waals surface area (Å²) in [4.78, 5) is 12.6. The number of amides is 1. The van der Waals surface area contributed by atoms with Gasteiger partial charge in [-0.3, -0.25) is 9.36 Å². The van der Waals surface area contributed by atoms with Gasteiger partial charge >= 0.3 is 0 Å². The minimum Gasteiger partial charge on any atom is -0.272 e. The third kappa shape index (κ3) is 6.05. The van der Waals surface area contributed by atoms with E-state index in [1.807, 2.05) is 84.3 Å². The largest absolute Gasteiger partial charge is 0.272 e. The number of nitrogens with zero attached hydrogens (tertiary/aromatic N) is 4. The summed E-state index contributed by atoms with van der Waals surface area (Å²) in [5.74, 6) is 0.691. The van der Waals surface area contributed by atoms with Crippen LogP contribution in [0.25, 0.3) is 17.1 Å². The summed E-state index contributed by atoms with van der Waals surface area (Å²) in [6, 6.07) is 28.1. The van der Waals surface area contributed by atoms with E-state index in [1.165, 1.54) is 17.3 Å². The first kappa shape index (κ1) is 24.4. The molecule has 0 aliphatic rings. The molecule has 0 aliphatic heterocycles. The standard InChI is InChI=1S/C28H29N5OS/c1-20(21-15-17-23(18-16-21)28(2,3)4)29-30-25(34)19-35-27-32-31-26(22-11-7-5-8-12-22)33(27)24-13-9-6-10-14-24/h5-18H,19H2,1-4H3,(H,30,34). The molecule has 1 amide bonds. The van der Waals surface area contributed by atoms with Gasteiger partial charge in [-0.1, -0.05) is 105 Å². The molecule has 7 heteroatoms. The molecule has 0 aliphatic carbocycles. The van der Waals surface area contributed by atoms with Gasteiger partial charge in [-0.05, 0) is 35.6 Å². The van der Waals surface area contributed by atoms with E-state index in [9.17, 15) is 4.79 Å². The summed E-state index contributed by atoms with van der Waals surface area (Å²) in [5, 5.41) is 13.7. The van der Waals surface area contributed by atoms with Crippen molar-refractivity contribution in [3.63, 3.8) is 0 Å². The van der Waals surface area contributed by atoms with Crippen molar-refractivity contribution in [1.82, 2.24) is 20.2 Å². The van der Waals surface area contributed by atoms with Crippen molar-refractivity contribution < 1.29 is 4.79 Å². The fourth-order valence-electron chi connectivity index (χ4n) is 3.53. The predicted molar refractivity (Wildman–Crippen MR) is 143 cm³/mol. The molecule has 3 aromatic carbocycles. The van der Waals surface area contributed by atoms with E-state index < -0.39 is 0 Å². The van der Waals surface area contributed by atoms with Crippen LogP contribution in [0.2, 0.25) is 0 Å².